The molecule has 330 valence electrons. The van der Waals surface area contributed by atoms with Crippen molar-refractivity contribution in [3.63, 3.8) is 0 Å². The standard InChI is InChI=1S/C48H53N11O5/c1-30-25-34(5-12-39(30)31(2)50-45(62)44-52-46(64-55-44)48(29-60)16-17-48)42-40-26-35(27-49-43(40)54-53-42)33-3-6-36(7-4-33)58-23-21-56(22-24-58)28-32-13-18-57(19-14-32)37-8-10-38(11-9-37)59-20-15-41(61)51-47(59)63/h3-12,25-27,31-32,60H,13-24,28-29H2,1-2H3,(H,50,62)(H,49,53,54)(H,51,61,63)/t31-/m1/s1. The molecule has 1 saturated carbocycles. The molecule has 64 heavy (non-hydrogen) atoms. The number of aromatic nitrogens is 5. The number of anilines is 3. The lowest BCUT2D eigenvalue weighted by molar-refractivity contribution is -0.120. The molecule has 3 aliphatic heterocycles. The van der Waals surface area contributed by atoms with Gasteiger partial charge in [0, 0.05) is 98.6 Å². The van der Waals surface area contributed by atoms with Gasteiger partial charge in [-0.25, -0.2) is 9.78 Å². The van der Waals surface area contributed by atoms with Crippen molar-refractivity contribution in [3.05, 3.63) is 102 Å². The fraction of sp³-hybridized carbons (Fsp3) is 0.396. The molecule has 10 rings (SSSR count). The van der Waals surface area contributed by atoms with Crippen molar-refractivity contribution in [1.82, 2.24) is 40.9 Å². The number of hydrogen-bond acceptors (Lipinski definition) is 12. The first-order chi connectivity index (χ1) is 31.1. The minimum absolute atomic E-state index is 0.0358. The zero-order valence-electron chi connectivity index (χ0n) is 36.2. The van der Waals surface area contributed by atoms with E-state index in [0.29, 0.717) is 30.4 Å². The van der Waals surface area contributed by atoms with Crippen LogP contribution in [0, 0.1) is 12.8 Å². The van der Waals surface area contributed by atoms with Gasteiger partial charge in [0.25, 0.3) is 11.7 Å². The number of nitrogens with zero attached hydrogens (tertiary/aromatic N) is 8. The molecule has 3 aromatic carbocycles. The van der Waals surface area contributed by atoms with E-state index in [2.05, 4.69) is 94.2 Å². The molecule has 3 aromatic heterocycles. The molecule has 3 saturated heterocycles. The van der Waals surface area contributed by atoms with E-state index in [1.807, 2.05) is 44.3 Å². The van der Waals surface area contributed by atoms with Gasteiger partial charge in [-0.2, -0.15) is 10.1 Å². The maximum atomic E-state index is 13.0. The van der Waals surface area contributed by atoms with Crippen molar-refractivity contribution >= 4 is 45.9 Å². The van der Waals surface area contributed by atoms with E-state index in [1.165, 1.54) is 11.4 Å². The zero-order valence-corrected chi connectivity index (χ0v) is 36.2. The Bertz CT molecular complexity index is 2680. The third-order valence-electron chi connectivity index (χ3n) is 13.7. The highest BCUT2D eigenvalue weighted by atomic mass is 16.5. The van der Waals surface area contributed by atoms with Crippen LogP contribution in [0.2, 0.25) is 0 Å². The summed E-state index contributed by atoms with van der Waals surface area (Å²) in [6.07, 6.45) is 6.06. The second kappa shape index (κ2) is 17.1. The van der Waals surface area contributed by atoms with Crippen molar-refractivity contribution < 1.29 is 24.0 Å². The normalized spacial score (nSPS) is 18.6. The Kier molecular flexibility index (Phi) is 11.1. The SMILES string of the molecule is Cc1cc(-c2[nH]nc3ncc(-c4ccc(N5CCN(CC6CCN(c7ccc(N8CCC(=O)NC8=O)cc7)CC6)CC5)cc4)cc23)ccc1[C@@H](C)NC(=O)c1noc(C2(CO)CC2)n1. The Morgan fingerprint density at radius 3 is 2.25 bits per heavy atom. The fourth-order valence-electron chi connectivity index (χ4n) is 9.50. The number of piperazine rings is 1. The number of urea groups is 1. The highest BCUT2D eigenvalue weighted by molar-refractivity contribution is 6.05. The average Bonchev–Trinajstić information content (AvgIpc) is 3.73. The topological polar surface area (TPSA) is 189 Å². The molecule has 0 bridgehead atoms. The van der Waals surface area contributed by atoms with Crippen LogP contribution < -0.4 is 25.3 Å². The largest absolute Gasteiger partial charge is 0.395 e. The number of aliphatic hydroxyl groups is 1. The van der Waals surface area contributed by atoms with Crippen LogP contribution in [-0.4, -0.2) is 112 Å². The Labute approximate surface area is 371 Å². The molecule has 4 amide bonds. The summed E-state index contributed by atoms with van der Waals surface area (Å²) < 4.78 is 5.31. The Balaban J connectivity index is 0.714. The predicted octanol–water partition coefficient (Wildman–Crippen LogP) is 5.98. The summed E-state index contributed by atoms with van der Waals surface area (Å²) in [6.45, 7) is 11.5. The smallest absolute Gasteiger partial charge is 0.328 e. The van der Waals surface area contributed by atoms with Crippen LogP contribution in [0.1, 0.15) is 72.7 Å². The second-order valence-electron chi connectivity index (χ2n) is 17.9. The van der Waals surface area contributed by atoms with Gasteiger partial charge in [0.2, 0.25) is 11.8 Å². The average molecular weight is 864 g/mol. The number of nitrogens with one attached hydrogen (secondary N) is 3. The van der Waals surface area contributed by atoms with Crippen LogP contribution in [0.5, 0.6) is 0 Å². The van der Waals surface area contributed by atoms with Crippen LogP contribution in [0.3, 0.4) is 0 Å². The number of rotatable bonds is 12. The van der Waals surface area contributed by atoms with Gasteiger partial charge >= 0.3 is 6.03 Å². The van der Waals surface area contributed by atoms with E-state index in [1.54, 1.807) is 4.90 Å². The first-order valence-corrected chi connectivity index (χ1v) is 22.4. The quantitative estimate of drug-likeness (QED) is 0.113. The maximum Gasteiger partial charge on any atom is 0.328 e. The number of aromatic amines is 1. The summed E-state index contributed by atoms with van der Waals surface area (Å²) in [6, 6.07) is 24.6. The van der Waals surface area contributed by atoms with Gasteiger partial charge in [0.05, 0.1) is 23.8 Å². The minimum atomic E-state index is -0.498. The number of pyridine rings is 1. The molecular weight excluding hydrogens is 811 g/mol. The lowest BCUT2D eigenvalue weighted by Gasteiger charge is -2.40. The molecule has 4 fully saturated rings. The molecule has 6 heterocycles. The summed E-state index contributed by atoms with van der Waals surface area (Å²) in [7, 11) is 0. The predicted molar refractivity (Wildman–Crippen MR) is 243 cm³/mol. The van der Waals surface area contributed by atoms with E-state index in [4.69, 9.17) is 9.51 Å². The van der Waals surface area contributed by atoms with Crippen LogP contribution in [0.25, 0.3) is 33.4 Å². The number of fused-ring (bicyclic) bond motifs is 1. The van der Waals surface area contributed by atoms with Crippen molar-refractivity contribution in [2.75, 3.05) is 73.7 Å². The number of amides is 4. The summed E-state index contributed by atoms with van der Waals surface area (Å²) in [4.78, 5) is 54.9. The van der Waals surface area contributed by atoms with Crippen LogP contribution in [0.4, 0.5) is 21.9 Å². The molecule has 4 N–H and O–H groups in total. The van der Waals surface area contributed by atoms with Crippen LogP contribution in [-0.2, 0) is 10.2 Å². The lowest BCUT2D eigenvalue weighted by Crippen LogP contribution is -2.49. The lowest BCUT2D eigenvalue weighted by atomic mass is 9.95. The van der Waals surface area contributed by atoms with Gasteiger partial charge in [-0.3, -0.25) is 29.8 Å². The van der Waals surface area contributed by atoms with Crippen LogP contribution >= 0.6 is 0 Å². The monoisotopic (exact) mass is 863 g/mol. The van der Waals surface area contributed by atoms with Crippen LogP contribution in [0.15, 0.2) is 83.5 Å². The van der Waals surface area contributed by atoms with Crippen molar-refractivity contribution in [3.8, 4) is 22.4 Å². The number of imide groups is 1. The van der Waals surface area contributed by atoms with E-state index in [-0.39, 0.29) is 30.4 Å². The number of carbonyl (C=O) groups excluding carboxylic acids is 3. The third kappa shape index (κ3) is 8.30. The van der Waals surface area contributed by atoms with Gasteiger partial charge in [-0.05, 0) is 111 Å². The number of carbonyl (C=O) groups is 3. The Morgan fingerprint density at radius 1 is 0.875 bits per heavy atom. The Hall–Kier alpha value is -6.65. The highest BCUT2D eigenvalue weighted by Gasteiger charge is 2.49. The molecule has 1 aliphatic carbocycles. The van der Waals surface area contributed by atoms with Gasteiger partial charge in [0.15, 0.2) is 5.65 Å². The van der Waals surface area contributed by atoms with Gasteiger partial charge in [-0.1, -0.05) is 29.4 Å². The fourth-order valence-corrected chi connectivity index (χ4v) is 9.50. The first-order valence-electron chi connectivity index (χ1n) is 22.4. The zero-order chi connectivity index (χ0) is 44.0. The van der Waals surface area contributed by atoms with E-state index in [9.17, 15) is 19.5 Å². The number of H-pyrrole nitrogens is 1. The van der Waals surface area contributed by atoms with Gasteiger partial charge in [0.1, 0.15) is 0 Å². The molecule has 0 spiro atoms. The Morgan fingerprint density at radius 2 is 1.56 bits per heavy atom. The third-order valence-corrected chi connectivity index (χ3v) is 13.7. The molecule has 0 radical (unpaired) electrons. The molecule has 0 unspecified atom stereocenters. The minimum Gasteiger partial charge on any atom is -0.395 e. The summed E-state index contributed by atoms with van der Waals surface area (Å²) in [5.41, 5.74) is 9.29. The van der Waals surface area contributed by atoms with Crippen molar-refractivity contribution in [1.29, 1.82) is 0 Å². The van der Waals surface area contributed by atoms with E-state index >= 15 is 0 Å². The first kappa shape index (κ1) is 41.4. The summed E-state index contributed by atoms with van der Waals surface area (Å²) in [5.74, 6) is 0.310. The molecule has 4 aliphatic rings. The van der Waals surface area contributed by atoms with Gasteiger partial charge < -0.3 is 24.7 Å². The molecule has 1 atom stereocenters. The van der Waals surface area contributed by atoms with Crippen molar-refractivity contribution in [2.45, 2.75) is 57.4 Å². The molecular formula is C48H53N11O5. The van der Waals surface area contributed by atoms with Gasteiger partial charge in [-0.15, -0.1) is 0 Å². The highest BCUT2D eigenvalue weighted by Crippen LogP contribution is 2.46. The molecule has 16 nitrogen and oxygen atoms in total. The maximum absolute atomic E-state index is 13.0. The number of hydrogen-bond donors (Lipinski definition) is 4. The molecule has 16 heteroatoms. The molecule has 6 aromatic rings. The van der Waals surface area contributed by atoms with E-state index < -0.39 is 11.3 Å². The number of aryl methyl sites for hydroxylation is 1. The number of piperidine rings is 1. The van der Waals surface area contributed by atoms with Crippen molar-refractivity contribution in [2.24, 2.45) is 5.92 Å². The summed E-state index contributed by atoms with van der Waals surface area (Å²) in [5, 5.41) is 27.6. The second-order valence-corrected chi connectivity index (χ2v) is 17.9. The summed E-state index contributed by atoms with van der Waals surface area (Å²) >= 11 is 0. The number of benzene rings is 3. The van der Waals surface area contributed by atoms with E-state index in [0.717, 1.165) is 116 Å². The number of aliphatic hydroxyl groups excluding tert-OH is 1.